The molecule has 1 atom stereocenters. The standard InChI is InChI=1S/C22H28N2O2/c1-3-4-5-8-17-13-19(25)21(16-9-6-7-15(2)12-16)22(26)20(17)18-14-23-10-11-24-18/h10-14,16,25-26H,3-9H2,1-2H3. The summed E-state index contributed by atoms with van der Waals surface area (Å²) in [5.41, 5.74) is 4.26. The van der Waals surface area contributed by atoms with E-state index in [9.17, 15) is 10.2 Å². The molecule has 0 aliphatic heterocycles. The number of allylic oxidation sites excluding steroid dienone is 2. The third kappa shape index (κ3) is 3.90. The van der Waals surface area contributed by atoms with Gasteiger partial charge in [-0.3, -0.25) is 9.97 Å². The number of hydrogen-bond acceptors (Lipinski definition) is 4. The lowest BCUT2D eigenvalue weighted by Gasteiger charge is -2.24. The van der Waals surface area contributed by atoms with Crippen LogP contribution in [0.4, 0.5) is 0 Å². The Morgan fingerprint density at radius 3 is 2.73 bits per heavy atom. The van der Waals surface area contributed by atoms with Crippen LogP contribution in [-0.2, 0) is 6.42 Å². The van der Waals surface area contributed by atoms with Crippen LogP contribution in [0.3, 0.4) is 0 Å². The lowest BCUT2D eigenvalue weighted by Crippen LogP contribution is -2.05. The molecule has 1 unspecified atom stereocenters. The second-order valence-electron chi connectivity index (χ2n) is 7.25. The van der Waals surface area contributed by atoms with Crippen LogP contribution in [0.25, 0.3) is 11.3 Å². The summed E-state index contributed by atoms with van der Waals surface area (Å²) < 4.78 is 0. The number of nitrogens with zero attached hydrogens (tertiary/aromatic N) is 2. The van der Waals surface area contributed by atoms with Gasteiger partial charge in [0.1, 0.15) is 11.5 Å². The molecule has 26 heavy (non-hydrogen) atoms. The second-order valence-corrected chi connectivity index (χ2v) is 7.25. The number of unbranched alkanes of at least 4 members (excludes halogenated alkanes) is 2. The molecule has 4 heteroatoms. The van der Waals surface area contributed by atoms with Crippen LogP contribution >= 0.6 is 0 Å². The molecule has 0 saturated carbocycles. The lowest BCUT2D eigenvalue weighted by molar-refractivity contribution is 0.428. The van der Waals surface area contributed by atoms with E-state index in [2.05, 4.69) is 29.9 Å². The summed E-state index contributed by atoms with van der Waals surface area (Å²) in [6, 6.07) is 1.83. The highest BCUT2D eigenvalue weighted by atomic mass is 16.3. The van der Waals surface area contributed by atoms with E-state index < -0.39 is 0 Å². The van der Waals surface area contributed by atoms with E-state index in [0.717, 1.165) is 56.1 Å². The van der Waals surface area contributed by atoms with E-state index in [-0.39, 0.29) is 17.4 Å². The topological polar surface area (TPSA) is 66.2 Å². The summed E-state index contributed by atoms with van der Waals surface area (Å²) >= 11 is 0. The van der Waals surface area contributed by atoms with Gasteiger partial charge in [-0.25, -0.2) is 0 Å². The number of phenols is 2. The average molecular weight is 352 g/mol. The van der Waals surface area contributed by atoms with Crippen molar-refractivity contribution in [2.75, 3.05) is 0 Å². The van der Waals surface area contributed by atoms with Gasteiger partial charge in [-0.15, -0.1) is 0 Å². The first kappa shape index (κ1) is 18.4. The van der Waals surface area contributed by atoms with Crippen LogP contribution in [-0.4, -0.2) is 20.2 Å². The number of benzene rings is 1. The fourth-order valence-electron chi connectivity index (χ4n) is 3.90. The molecule has 0 radical (unpaired) electrons. The van der Waals surface area contributed by atoms with Crippen LogP contribution in [0.15, 0.2) is 36.3 Å². The molecule has 2 aromatic rings. The SMILES string of the molecule is CCCCCc1cc(O)c(C2C=C(C)CCC2)c(O)c1-c1cnccn1. The minimum Gasteiger partial charge on any atom is -0.507 e. The Morgan fingerprint density at radius 1 is 1.19 bits per heavy atom. The molecule has 2 N–H and O–H groups in total. The van der Waals surface area contributed by atoms with Gasteiger partial charge in [0, 0.05) is 29.4 Å². The van der Waals surface area contributed by atoms with Gasteiger partial charge in [0.05, 0.1) is 11.9 Å². The maximum absolute atomic E-state index is 11.1. The zero-order valence-corrected chi connectivity index (χ0v) is 15.7. The first-order chi connectivity index (χ1) is 12.6. The zero-order valence-electron chi connectivity index (χ0n) is 15.7. The van der Waals surface area contributed by atoms with Crippen LogP contribution < -0.4 is 0 Å². The highest BCUT2D eigenvalue weighted by molar-refractivity contribution is 5.75. The Kier molecular flexibility index (Phi) is 5.92. The Morgan fingerprint density at radius 2 is 2.04 bits per heavy atom. The maximum Gasteiger partial charge on any atom is 0.132 e. The number of aromatic hydroxyl groups is 2. The molecule has 1 aromatic carbocycles. The van der Waals surface area contributed by atoms with Gasteiger partial charge in [-0.2, -0.15) is 0 Å². The number of rotatable bonds is 6. The van der Waals surface area contributed by atoms with Gasteiger partial charge < -0.3 is 10.2 Å². The van der Waals surface area contributed by atoms with Crippen LogP contribution in [0.1, 0.15) is 69.4 Å². The quantitative estimate of drug-likeness (QED) is 0.532. The molecule has 0 amide bonds. The van der Waals surface area contributed by atoms with Crippen molar-refractivity contribution in [3.63, 3.8) is 0 Å². The van der Waals surface area contributed by atoms with Crippen molar-refractivity contribution >= 4 is 0 Å². The Hall–Kier alpha value is -2.36. The first-order valence-electron chi connectivity index (χ1n) is 9.63. The van der Waals surface area contributed by atoms with E-state index in [0.29, 0.717) is 11.3 Å². The lowest BCUT2D eigenvalue weighted by atomic mass is 9.82. The molecular formula is C22H28N2O2. The fraction of sp³-hybridized carbons (Fsp3) is 0.455. The summed E-state index contributed by atoms with van der Waals surface area (Å²) in [7, 11) is 0. The maximum atomic E-state index is 11.1. The molecule has 0 fully saturated rings. The molecule has 1 aliphatic rings. The van der Waals surface area contributed by atoms with Gasteiger partial charge >= 0.3 is 0 Å². The predicted octanol–water partition coefficient (Wildman–Crippen LogP) is 5.50. The Balaban J connectivity index is 2.11. The Labute approximate surface area is 155 Å². The summed E-state index contributed by atoms with van der Waals surface area (Å²) in [5, 5.41) is 21.9. The molecule has 1 heterocycles. The summed E-state index contributed by atoms with van der Waals surface area (Å²) in [6.07, 6.45) is 14.3. The van der Waals surface area contributed by atoms with Crippen molar-refractivity contribution < 1.29 is 10.2 Å². The van der Waals surface area contributed by atoms with E-state index in [4.69, 9.17) is 0 Å². The minimum absolute atomic E-state index is 0.0452. The normalized spacial score (nSPS) is 17.2. The van der Waals surface area contributed by atoms with Crippen LogP contribution in [0.2, 0.25) is 0 Å². The zero-order chi connectivity index (χ0) is 18.5. The fourth-order valence-corrected chi connectivity index (χ4v) is 3.90. The van der Waals surface area contributed by atoms with Crippen molar-refractivity contribution in [2.45, 2.75) is 64.7 Å². The Bertz CT molecular complexity index is 784. The number of phenolic OH excluding ortho intramolecular Hbond substituents is 2. The van der Waals surface area contributed by atoms with Gasteiger partial charge in [0.25, 0.3) is 0 Å². The third-order valence-corrected chi connectivity index (χ3v) is 5.21. The molecular weight excluding hydrogens is 324 g/mol. The number of aromatic nitrogens is 2. The van der Waals surface area contributed by atoms with Crippen molar-refractivity contribution in [2.24, 2.45) is 0 Å². The van der Waals surface area contributed by atoms with Gasteiger partial charge in [0.2, 0.25) is 0 Å². The summed E-state index contributed by atoms with van der Waals surface area (Å²) in [4.78, 5) is 8.58. The van der Waals surface area contributed by atoms with Gasteiger partial charge in [-0.05, 0) is 50.7 Å². The molecule has 0 bridgehead atoms. The van der Waals surface area contributed by atoms with Crippen molar-refractivity contribution in [1.29, 1.82) is 0 Å². The molecule has 0 spiro atoms. The minimum atomic E-state index is 0.0452. The first-order valence-corrected chi connectivity index (χ1v) is 9.63. The van der Waals surface area contributed by atoms with Crippen molar-refractivity contribution in [3.05, 3.63) is 47.4 Å². The summed E-state index contributed by atoms with van der Waals surface area (Å²) in [5.74, 6) is 0.398. The van der Waals surface area contributed by atoms with Crippen molar-refractivity contribution in [1.82, 2.24) is 9.97 Å². The molecule has 1 aliphatic carbocycles. The monoisotopic (exact) mass is 352 g/mol. The van der Waals surface area contributed by atoms with E-state index >= 15 is 0 Å². The van der Waals surface area contributed by atoms with E-state index in [1.807, 2.05) is 6.07 Å². The molecule has 138 valence electrons. The highest BCUT2D eigenvalue weighted by Crippen LogP contribution is 2.46. The molecule has 4 nitrogen and oxygen atoms in total. The largest absolute Gasteiger partial charge is 0.507 e. The predicted molar refractivity (Wildman–Crippen MR) is 104 cm³/mol. The van der Waals surface area contributed by atoms with Crippen molar-refractivity contribution in [3.8, 4) is 22.8 Å². The molecule has 3 rings (SSSR count). The number of aryl methyl sites for hydroxylation is 1. The highest BCUT2D eigenvalue weighted by Gasteiger charge is 2.25. The smallest absolute Gasteiger partial charge is 0.132 e. The summed E-state index contributed by atoms with van der Waals surface area (Å²) in [6.45, 7) is 4.28. The van der Waals surface area contributed by atoms with E-state index in [1.54, 1.807) is 18.6 Å². The van der Waals surface area contributed by atoms with Crippen LogP contribution in [0.5, 0.6) is 11.5 Å². The third-order valence-electron chi connectivity index (χ3n) is 5.21. The van der Waals surface area contributed by atoms with Crippen LogP contribution in [0, 0.1) is 0 Å². The van der Waals surface area contributed by atoms with Gasteiger partial charge in [0.15, 0.2) is 0 Å². The molecule has 0 saturated heterocycles. The number of hydrogen-bond donors (Lipinski definition) is 2. The molecule has 1 aromatic heterocycles. The van der Waals surface area contributed by atoms with E-state index in [1.165, 1.54) is 5.57 Å². The second kappa shape index (κ2) is 8.35. The van der Waals surface area contributed by atoms with Gasteiger partial charge in [-0.1, -0.05) is 31.4 Å². The average Bonchev–Trinajstić information content (AvgIpc) is 2.62.